The van der Waals surface area contributed by atoms with E-state index in [0.717, 1.165) is 25.5 Å². The van der Waals surface area contributed by atoms with Crippen LogP contribution in [0.4, 0.5) is 0 Å². The van der Waals surface area contributed by atoms with Gasteiger partial charge in [0.25, 0.3) is 0 Å². The van der Waals surface area contributed by atoms with Crippen molar-refractivity contribution in [3.05, 3.63) is 22.4 Å². The average molecular weight is 279 g/mol. The van der Waals surface area contributed by atoms with Gasteiger partial charge in [0.1, 0.15) is 0 Å². The first-order valence-electron chi connectivity index (χ1n) is 7.23. The molecule has 0 aromatic carbocycles. The molecule has 0 atom stereocenters. The summed E-state index contributed by atoms with van der Waals surface area (Å²) in [7, 11) is 1.85. The third-order valence-electron chi connectivity index (χ3n) is 4.30. The van der Waals surface area contributed by atoms with Gasteiger partial charge in [-0.15, -0.1) is 0 Å². The number of thiophene rings is 1. The van der Waals surface area contributed by atoms with Crippen LogP contribution >= 0.6 is 11.3 Å². The van der Waals surface area contributed by atoms with Crippen molar-refractivity contribution in [3.63, 3.8) is 0 Å². The van der Waals surface area contributed by atoms with Crippen molar-refractivity contribution < 1.29 is 0 Å². The van der Waals surface area contributed by atoms with Gasteiger partial charge in [-0.1, -0.05) is 13.3 Å². The van der Waals surface area contributed by atoms with Crippen LogP contribution in [0, 0.1) is 5.41 Å². The van der Waals surface area contributed by atoms with Crippen molar-refractivity contribution in [2.75, 3.05) is 20.1 Å². The molecule has 2 rings (SSSR count). The number of nitrogens with one attached hydrogen (secondary N) is 2. The van der Waals surface area contributed by atoms with Gasteiger partial charge in [0.05, 0.1) is 0 Å². The van der Waals surface area contributed by atoms with Crippen molar-refractivity contribution in [1.29, 1.82) is 0 Å². The van der Waals surface area contributed by atoms with Crippen molar-refractivity contribution >= 4 is 17.3 Å². The molecule has 1 aromatic heterocycles. The third kappa shape index (κ3) is 3.96. The van der Waals surface area contributed by atoms with Crippen LogP contribution in [0.5, 0.6) is 0 Å². The van der Waals surface area contributed by atoms with E-state index in [0.29, 0.717) is 5.41 Å². The molecule has 0 radical (unpaired) electrons. The standard InChI is InChI=1S/C15H25N3S/c1-3-15(7-4-8-15)12-18-14(16-2)17-9-5-13-6-10-19-11-13/h6,10-11H,3-5,7-9,12H2,1-2H3,(H2,16,17,18). The van der Waals surface area contributed by atoms with Crippen LogP contribution in [0.3, 0.4) is 0 Å². The van der Waals surface area contributed by atoms with Crippen LogP contribution in [-0.2, 0) is 6.42 Å². The fourth-order valence-electron chi connectivity index (χ4n) is 2.58. The van der Waals surface area contributed by atoms with Crippen molar-refractivity contribution in [1.82, 2.24) is 10.6 Å². The molecule has 1 aromatic rings. The van der Waals surface area contributed by atoms with Crippen LogP contribution < -0.4 is 10.6 Å². The largest absolute Gasteiger partial charge is 0.356 e. The number of aliphatic imine (C=N–C) groups is 1. The zero-order chi connectivity index (χ0) is 13.6. The predicted molar refractivity (Wildman–Crippen MR) is 84.0 cm³/mol. The highest BCUT2D eigenvalue weighted by molar-refractivity contribution is 7.07. The smallest absolute Gasteiger partial charge is 0.191 e. The Kier molecular flexibility index (Phi) is 5.25. The normalized spacial score (nSPS) is 17.9. The molecule has 1 aliphatic carbocycles. The molecule has 1 aliphatic rings. The van der Waals surface area contributed by atoms with E-state index in [-0.39, 0.29) is 0 Å². The first-order valence-corrected chi connectivity index (χ1v) is 8.18. The molecule has 19 heavy (non-hydrogen) atoms. The van der Waals surface area contributed by atoms with Crippen LogP contribution in [0.15, 0.2) is 21.8 Å². The lowest BCUT2D eigenvalue weighted by Gasteiger charge is -2.41. The van der Waals surface area contributed by atoms with Crippen LogP contribution in [0.1, 0.15) is 38.2 Å². The lowest BCUT2D eigenvalue weighted by atomic mass is 9.67. The third-order valence-corrected chi connectivity index (χ3v) is 5.04. The summed E-state index contributed by atoms with van der Waals surface area (Å²) in [5.74, 6) is 0.940. The van der Waals surface area contributed by atoms with Crippen LogP contribution in [0.2, 0.25) is 0 Å². The summed E-state index contributed by atoms with van der Waals surface area (Å²) in [4.78, 5) is 4.30. The lowest BCUT2D eigenvalue weighted by Crippen LogP contribution is -2.46. The first-order chi connectivity index (χ1) is 9.28. The van der Waals surface area contributed by atoms with Gasteiger partial charge in [-0.05, 0) is 53.5 Å². The second-order valence-electron chi connectivity index (χ2n) is 5.44. The Morgan fingerprint density at radius 2 is 2.26 bits per heavy atom. The predicted octanol–water partition coefficient (Wildman–Crippen LogP) is 3.04. The number of nitrogens with zero attached hydrogens (tertiary/aromatic N) is 1. The molecular formula is C15H25N3S. The highest BCUT2D eigenvalue weighted by Crippen LogP contribution is 2.42. The highest BCUT2D eigenvalue weighted by Gasteiger charge is 2.34. The SMILES string of the molecule is CCC1(CNC(=NC)NCCc2ccsc2)CCC1. The van der Waals surface area contributed by atoms with E-state index in [9.17, 15) is 0 Å². The topological polar surface area (TPSA) is 36.4 Å². The molecule has 0 unspecified atom stereocenters. The molecule has 0 aliphatic heterocycles. The summed E-state index contributed by atoms with van der Waals surface area (Å²) in [5, 5.41) is 11.2. The molecule has 1 saturated carbocycles. The molecule has 0 spiro atoms. The minimum atomic E-state index is 0.533. The van der Waals surface area contributed by atoms with E-state index in [1.165, 1.54) is 31.2 Å². The van der Waals surface area contributed by atoms with Gasteiger partial charge < -0.3 is 10.6 Å². The second kappa shape index (κ2) is 6.94. The molecule has 2 N–H and O–H groups in total. The zero-order valence-electron chi connectivity index (χ0n) is 12.0. The molecular weight excluding hydrogens is 254 g/mol. The summed E-state index contributed by atoms with van der Waals surface area (Å²) in [5.41, 5.74) is 1.93. The Morgan fingerprint density at radius 1 is 1.42 bits per heavy atom. The molecule has 0 saturated heterocycles. The Labute approximate surface area is 120 Å². The highest BCUT2D eigenvalue weighted by atomic mass is 32.1. The van der Waals surface area contributed by atoms with Gasteiger partial charge >= 0.3 is 0 Å². The molecule has 4 heteroatoms. The summed E-state index contributed by atoms with van der Waals surface area (Å²) in [6.07, 6.45) is 6.44. The van der Waals surface area contributed by atoms with Gasteiger partial charge in [-0.2, -0.15) is 11.3 Å². The lowest BCUT2D eigenvalue weighted by molar-refractivity contribution is 0.131. The molecule has 3 nitrogen and oxygen atoms in total. The Morgan fingerprint density at radius 3 is 2.79 bits per heavy atom. The summed E-state index contributed by atoms with van der Waals surface area (Å²) < 4.78 is 0. The molecule has 106 valence electrons. The molecule has 1 fully saturated rings. The fourth-order valence-corrected chi connectivity index (χ4v) is 3.29. The van der Waals surface area contributed by atoms with Gasteiger partial charge in [0.2, 0.25) is 0 Å². The van der Waals surface area contributed by atoms with Crippen molar-refractivity contribution in [3.8, 4) is 0 Å². The maximum absolute atomic E-state index is 4.30. The Hall–Kier alpha value is -1.03. The van der Waals surface area contributed by atoms with E-state index >= 15 is 0 Å². The average Bonchev–Trinajstić information content (AvgIpc) is 2.89. The number of rotatable bonds is 6. The fraction of sp³-hybridized carbons (Fsp3) is 0.667. The number of hydrogen-bond donors (Lipinski definition) is 2. The Bertz CT molecular complexity index is 388. The summed E-state index contributed by atoms with van der Waals surface area (Å²) in [6.45, 7) is 4.30. The van der Waals surface area contributed by atoms with E-state index < -0.39 is 0 Å². The number of hydrogen-bond acceptors (Lipinski definition) is 2. The minimum absolute atomic E-state index is 0.533. The van der Waals surface area contributed by atoms with Gasteiger partial charge in [-0.3, -0.25) is 4.99 Å². The molecule has 1 heterocycles. The maximum atomic E-state index is 4.30. The van der Waals surface area contributed by atoms with Gasteiger partial charge in [0.15, 0.2) is 5.96 Å². The van der Waals surface area contributed by atoms with Crippen molar-refractivity contribution in [2.45, 2.75) is 39.0 Å². The number of guanidine groups is 1. The van der Waals surface area contributed by atoms with Gasteiger partial charge in [-0.25, -0.2) is 0 Å². The van der Waals surface area contributed by atoms with Crippen LogP contribution in [-0.4, -0.2) is 26.1 Å². The van der Waals surface area contributed by atoms with Gasteiger partial charge in [0, 0.05) is 20.1 Å². The zero-order valence-corrected chi connectivity index (χ0v) is 12.9. The molecule has 0 amide bonds. The summed E-state index contributed by atoms with van der Waals surface area (Å²) >= 11 is 1.76. The maximum Gasteiger partial charge on any atom is 0.191 e. The minimum Gasteiger partial charge on any atom is -0.356 e. The quantitative estimate of drug-likeness (QED) is 0.620. The van der Waals surface area contributed by atoms with E-state index in [1.54, 1.807) is 11.3 Å². The van der Waals surface area contributed by atoms with E-state index in [1.807, 2.05) is 7.05 Å². The monoisotopic (exact) mass is 279 g/mol. The first kappa shape index (κ1) is 14.4. The van der Waals surface area contributed by atoms with E-state index in [2.05, 4.69) is 39.4 Å². The van der Waals surface area contributed by atoms with Crippen LogP contribution in [0.25, 0.3) is 0 Å². The summed E-state index contributed by atoms with van der Waals surface area (Å²) in [6, 6.07) is 2.18. The Balaban J connectivity index is 1.68. The molecule has 0 bridgehead atoms. The van der Waals surface area contributed by atoms with Crippen molar-refractivity contribution in [2.24, 2.45) is 10.4 Å². The van der Waals surface area contributed by atoms with E-state index in [4.69, 9.17) is 0 Å². The second-order valence-corrected chi connectivity index (χ2v) is 6.22.